The maximum absolute atomic E-state index is 12.8. The fraction of sp³-hybridized carbons (Fsp3) is 0.100. The summed E-state index contributed by atoms with van der Waals surface area (Å²) in [5, 5.41) is 9.26. The van der Waals surface area contributed by atoms with Gasteiger partial charge in [-0.1, -0.05) is 0 Å². The van der Waals surface area contributed by atoms with Crippen LogP contribution in [0.4, 0.5) is 8.78 Å². The molecule has 0 aliphatic carbocycles. The SMILES string of the molecule is O=C1OC=C(O)C1c1cc(F)cc(F)c1. The minimum absolute atomic E-state index is 0.0313. The summed E-state index contributed by atoms with van der Waals surface area (Å²) in [6.07, 6.45) is 0.857. The van der Waals surface area contributed by atoms with Gasteiger partial charge in [-0.05, 0) is 17.7 Å². The quantitative estimate of drug-likeness (QED) is 0.724. The first kappa shape index (κ1) is 9.64. The molecule has 5 heteroatoms. The van der Waals surface area contributed by atoms with Crippen molar-refractivity contribution >= 4 is 5.97 Å². The molecule has 1 heterocycles. The minimum atomic E-state index is -1.13. The lowest BCUT2D eigenvalue weighted by atomic mass is 9.98. The van der Waals surface area contributed by atoms with Gasteiger partial charge in [0.25, 0.3) is 0 Å². The van der Waals surface area contributed by atoms with Crippen LogP contribution in [0, 0.1) is 11.6 Å². The lowest BCUT2D eigenvalue weighted by molar-refractivity contribution is -0.136. The van der Waals surface area contributed by atoms with Crippen LogP contribution in [0.5, 0.6) is 0 Å². The Hall–Kier alpha value is -1.91. The number of aliphatic hydroxyl groups excluding tert-OH is 1. The third-order valence-electron chi connectivity index (χ3n) is 2.05. The second-order valence-electron chi connectivity index (χ2n) is 3.12. The lowest BCUT2D eigenvalue weighted by Gasteiger charge is -2.07. The highest BCUT2D eigenvalue weighted by atomic mass is 19.1. The van der Waals surface area contributed by atoms with Crippen LogP contribution < -0.4 is 0 Å². The third kappa shape index (κ3) is 1.68. The number of cyclic esters (lactones) is 1. The predicted molar refractivity (Wildman–Crippen MR) is 45.9 cm³/mol. The van der Waals surface area contributed by atoms with Gasteiger partial charge in [-0.2, -0.15) is 0 Å². The Labute approximate surface area is 83.6 Å². The molecule has 0 amide bonds. The van der Waals surface area contributed by atoms with Gasteiger partial charge >= 0.3 is 5.97 Å². The van der Waals surface area contributed by atoms with Crippen molar-refractivity contribution in [2.45, 2.75) is 5.92 Å². The van der Waals surface area contributed by atoms with Gasteiger partial charge in [0.05, 0.1) is 0 Å². The molecule has 1 N–H and O–H groups in total. The average molecular weight is 212 g/mol. The molecule has 0 saturated carbocycles. The molecule has 78 valence electrons. The number of esters is 1. The van der Waals surface area contributed by atoms with Gasteiger partial charge in [0.15, 0.2) is 0 Å². The molecule has 1 aromatic rings. The number of rotatable bonds is 1. The zero-order chi connectivity index (χ0) is 11.0. The second-order valence-corrected chi connectivity index (χ2v) is 3.12. The van der Waals surface area contributed by atoms with Crippen molar-refractivity contribution in [2.24, 2.45) is 0 Å². The summed E-state index contributed by atoms with van der Waals surface area (Å²) in [5.41, 5.74) is 0.0313. The Kier molecular flexibility index (Phi) is 2.15. The molecular formula is C10H6F2O3. The fourth-order valence-corrected chi connectivity index (χ4v) is 1.42. The molecule has 0 spiro atoms. The molecule has 1 unspecified atom stereocenters. The number of carbonyl (C=O) groups is 1. The third-order valence-corrected chi connectivity index (χ3v) is 2.05. The van der Waals surface area contributed by atoms with Crippen molar-refractivity contribution in [3.8, 4) is 0 Å². The number of halogens is 2. The van der Waals surface area contributed by atoms with E-state index in [4.69, 9.17) is 0 Å². The van der Waals surface area contributed by atoms with Crippen LogP contribution in [0.3, 0.4) is 0 Å². The minimum Gasteiger partial charge on any atom is -0.508 e. The van der Waals surface area contributed by atoms with Crippen LogP contribution >= 0.6 is 0 Å². The standard InChI is InChI=1S/C10H6F2O3/c11-6-1-5(2-7(12)3-6)9-8(13)4-15-10(9)14/h1-4,9,13H. The molecule has 2 rings (SSSR count). The molecular weight excluding hydrogens is 206 g/mol. The van der Waals surface area contributed by atoms with Gasteiger partial charge in [0.1, 0.15) is 29.6 Å². The second kappa shape index (κ2) is 3.34. The molecule has 0 saturated heterocycles. The van der Waals surface area contributed by atoms with E-state index in [0.29, 0.717) is 6.07 Å². The maximum atomic E-state index is 12.8. The number of aliphatic hydroxyl groups is 1. The Bertz CT molecular complexity index is 434. The van der Waals surface area contributed by atoms with Crippen LogP contribution in [-0.4, -0.2) is 11.1 Å². The Morgan fingerprint density at radius 2 is 1.80 bits per heavy atom. The zero-order valence-electron chi connectivity index (χ0n) is 7.41. The zero-order valence-corrected chi connectivity index (χ0v) is 7.41. The van der Waals surface area contributed by atoms with Gasteiger partial charge in [-0.15, -0.1) is 0 Å². The van der Waals surface area contributed by atoms with Gasteiger partial charge in [-0.3, -0.25) is 4.79 Å². The molecule has 0 aromatic heterocycles. The van der Waals surface area contributed by atoms with E-state index in [9.17, 15) is 18.7 Å². The molecule has 1 aliphatic rings. The summed E-state index contributed by atoms with van der Waals surface area (Å²) in [6.45, 7) is 0. The van der Waals surface area contributed by atoms with Gasteiger partial charge < -0.3 is 9.84 Å². The van der Waals surface area contributed by atoms with Crippen molar-refractivity contribution < 1.29 is 23.4 Å². The van der Waals surface area contributed by atoms with Crippen LogP contribution in [0.25, 0.3) is 0 Å². The van der Waals surface area contributed by atoms with E-state index in [0.717, 1.165) is 18.4 Å². The summed E-state index contributed by atoms with van der Waals surface area (Å²) in [7, 11) is 0. The summed E-state index contributed by atoms with van der Waals surface area (Å²) < 4.78 is 30.1. The van der Waals surface area contributed by atoms with Crippen LogP contribution in [0.1, 0.15) is 11.5 Å². The molecule has 1 aliphatic heterocycles. The number of carbonyl (C=O) groups excluding carboxylic acids is 1. The largest absolute Gasteiger partial charge is 0.508 e. The molecule has 1 atom stereocenters. The van der Waals surface area contributed by atoms with Crippen molar-refractivity contribution in [3.05, 3.63) is 47.4 Å². The van der Waals surface area contributed by atoms with E-state index >= 15 is 0 Å². The van der Waals surface area contributed by atoms with Crippen molar-refractivity contribution in [3.63, 3.8) is 0 Å². The molecule has 15 heavy (non-hydrogen) atoms. The van der Waals surface area contributed by atoms with Crippen molar-refractivity contribution in [2.75, 3.05) is 0 Å². The smallest absolute Gasteiger partial charge is 0.326 e. The predicted octanol–water partition coefficient (Wildman–Crippen LogP) is 2.00. The van der Waals surface area contributed by atoms with Crippen LogP contribution in [0.15, 0.2) is 30.2 Å². The van der Waals surface area contributed by atoms with Crippen molar-refractivity contribution in [1.82, 2.24) is 0 Å². The normalized spacial score (nSPS) is 20.0. The highest BCUT2D eigenvalue weighted by molar-refractivity contribution is 5.84. The maximum Gasteiger partial charge on any atom is 0.326 e. The topological polar surface area (TPSA) is 46.5 Å². The van der Waals surface area contributed by atoms with Crippen LogP contribution in [0.2, 0.25) is 0 Å². The molecule has 0 bridgehead atoms. The average Bonchev–Trinajstić information content (AvgIpc) is 2.44. The number of benzene rings is 1. The lowest BCUT2D eigenvalue weighted by Crippen LogP contribution is -2.10. The first-order valence-corrected chi connectivity index (χ1v) is 4.13. The molecule has 0 radical (unpaired) electrons. The highest BCUT2D eigenvalue weighted by Crippen LogP contribution is 2.29. The van der Waals surface area contributed by atoms with E-state index in [2.05, 4.69) is 4.74 Å². The van der Waals surface area contributed by atoms with E-state index in [1.165, 1.54) is 0 Å². The first-order valence-electron chi connectivity index (χ1n) is 4.13. The number of hydrogen-bond donors (Lipinski definition) is 1. The van der Waals surface area contributed by atoms with Gasteiger partial charge in [-0.25, -0.2) is 8.78 Å². The van der Waals surface area contributed by atoms with Gasteiger partial charge in [0.2, 0.25) is 0 Å². The Morgan fingerprint density at radius 3 is 2.27 bits per heavy atom. The summed E-state index contributed by atoms with van der Waals surface area (Å²) in [4.78, 5) is 11.1. The highest BCUT2D eigenvalue weighted by Gasteiger charge is 2.32. The number of hydrogen-bond acceptors (Lipinski definition) is 3. The fourth-order valence-electron chi connectivity index (χ4n) is 1.42. The van der Waals surface area contributed by atoms with E-state index in [-0.39, 0.29) is 11.3 Å². The Balaban J connectivity index is 2.45. The van der Waals surface area contributed by atoms with Gasteiger partial charge in [0, 0.05) is 6.07 Å². The van der Waals surface area contributed by atoms with E-state index in [1.807, 2.05) is 0 Å². The molecule has 0 fully saturated rings. The molecule has 1 aromatic carbocycles. The van der Waals surface area contributed by atoms with E-state index < -0.39 is 23.5 Å². The first-order chi connectivity index (χ1) is 7.08. The van der Waals surface area contributed by atoms with E-state index in [1.54, 1.807) is 0 Å². The molecule has 3 nitrogen and oxygen atoms in total. The van der Waals surface area contributed by atoms with Crippen molar-refractivity contribution in [1.29, 1.82) is 0 Å². The number of ether oxygens (including phenoxy) is 1. The summed E-state index contributed by atoms with van der Waals surface area (Å²) in [5.74, 6) is -3.85. The van der Waals surface area contributed by atoms with Crippen LogP contribution in [-0.2, 0) is 9.53 Å². The Morgan fingerprint density at radius 1 is 1.20 bits per heavy atom. The summed E-state index contributed by atoms with van der Waals surface area (Å²) >= 11 is 0. The monoisotopic (exact) mass is 212 g/mol. The summed E-state index contributed by atoms with van der Waals surface area (Å²) in [6, 6.07) is 2.64.